The minimum absolute atomic E-state index is 0.00915. The number of hydrogen-bond donors (Lipinski definition) is 1. The number of nitrogens with zero attached hydrogens (tertiary/aromatic N) is 3. The first-order valence-electron chi connectivity index (χ1n) is 11.1. The van der Waals surface area contributed by atoms with E-state index in [-0.39, 0.29) is 12.1 Å². The van der Waals surface area contributed by atoms with Gasteiger partial charge in [-0.25, -0.2) is 0 Å². The minimum Gasteiger partial charge on any atom is -0.497 e. The molecule has 2 aromatic heterocycles. The summed E-state index contributed by atoms with van der Waals surface area (Å²) in [5, 5.41) is 4.45. The average Bonchev–Trinajstić information content (AvgIpc) is 3.44. The second kappa shape index (κ2) is 8.71. The fraction of sp³-hybridized carbons (Fsp3) is 0.360. The average molecular weight is 433 g/mol. The van der Waals surface area contributed by atoms with Crippen molar-refractivity contribution in [3.05, 3.63) is 78.4 Å². The van der Waals surface area contributed by atoms with Crippen molar-refractivity contribution < 1.29 is 4.74 Å². The van der Waals surface area contributed by atoms with Crippen molar-refractivity contribution in [3.63, 3.8) is 0 Å². The Morgan fingerprint density at radius 1 is 1.03 bits per heavy atom. The van der Waals surface area contributed by atoms with Crippen LogP contribution in [0.5, 0.6) is 5.75 Å². The second-order valence-electron chi connectivity index (χ2n) is 8.33. The Balaban J connectivity index is 1.60. The third-order valence-corrected chi connectivity index (χ3v) is 6.85. The maximum Gasteiger partial charge on any atom is 0.170 e. The number of pyridine rings is 1. The standard InChI is InChI=1S/C25H28N4OS/c1-30-20-12-7-11-19(17-20)28-16-8-14-22(28)24-23(21-13-5-6-15-26-21)27-25(31)29(24)18-9-3-2-4-10-18/h5-8,11-18,23-24H,2-4,9-10H2,1H3,(H,27,31)/t23-,24+/m0/s1. The number of rotatable bonds is 5. The number of methoxy groups -OCH3 is 1. The van der Waals surface area contributed by atoms with Gasteiger partial charge in [0.1, 0.15) is 5.75 Å². The summed E-state index contributed by atoms with van der Waals surface area (Å²) < 4.78 is 7.73. The molecule has 3 heterocycles. The van der Waals surface area contributed by atoms with Crippen LogP contribution in [0.4, 0.5) is 0 Å². The summed E-state index contributed by atoms with van der Waals surface area (Å²) in [5.41, 5.74) is 3.31. The fourth-order valence-corrected chi connectivity index (χ4v) is 5.45. The SMILES string of the molecule is COc1cccc(-n2cccc2[C@@H]2[C@H](c3ccccn3)NC(=S)N2C2CCCCC2)c1. The van der Waals surface area contributed by atoms with Gasteiger partial charge in [-0.2, -0.15) is 0 Å². The van der Waals surface area contributed by atoms with Gasteiger partial charge in [-0.1, -0.05) is 31.4 Å². The molecule has 6 heteroatoms. The molecular weight excluding hydrogens is 404 g/mol. The van der Waals surface area contributed by atoms with E-state index in [1.54, 1.807) is 7.11 Å². The lowest BCUT2D eigenvalue weighted by atomic mass is 9.92. The normalized spacial score (nSPS) is 21.8. The summed E-state index contributed by atoms with van der Waals surface area (Å²) in [6.45, 7) is 0. The highest BCUT2D eigenvalue weighted by Gasteiger charge is 2.44. The monoisotopic (exact) mass is 432 g/mol. The molecule has 5 rings (SSSR count). The van der Waals surface area contributed by atoms with E-state index >= 15 is 0 Å². The zero-order valence-electron chi connectivity index (χ0n) is 17.8. The number of nitrogens with one attached hydrogen (secondary N) is 1. The lowest BCUT2D eigenvalue weighted by Crippen LogP contribution is -2.40. The zero-order valence-corrected chi connectivity index (χ0v) is 18.6. The van der Waals surface area contributed by atoms with Gasteiger partial charge in [-0.15, -0.1) is 0 Å². The topological polar surface area (TPSA) is 42.3 Å². The lowest BCUT2D eigenvalue weighted by Gasteiger charge is -2.37. The van der Waals surface area contributed by atoms with Crippen LogP contribution in [0.1, 0.15) is 55.6 Å². The third kappa shape index (κ3) is 3.81. The molecule has 1 aliphatic carbocycles. The van der Waals surface area contributed by atoms with Gasteiger partial charge in [0.15, 0.2) is 5.11 Å². The van der Waals surface area contributed by atoms with Gasteiger partial charge in [-0.3, -0.25) is 4.98 Å². The highest BCUT2D eigenvalue weighted by molar-refractivity contribution is 7.80. The van der Waals surface area contributed by atoms with Crippen molar-refractivity contribution in [3.8, 4) is 11.4 Å². The van der Waals surface area contributed by atoms with E-state index in [4.69, 9.17) is 17.0 Å². The molecule has 0 bridgehead atoms. The number of aromatic nitrogens is 2. The third-order valence-electron chi connectivity index (χ3n) is 6.52. The highest BCUT2D eigenvalue weighted by Crippen LogP contribution is 2.43. The highest BCUT2D eigenvalue weighted by atomic mass is 32.1. The molecule has 0 amide bonds. The predicted octanol–water partition coefficient (Wildman–Crippen LogP) is 5.19. The summed E-state index contributed by atoms with van der Waals surface area (Å²) >= 11 is 5.91. The van der Waals surface area contributed by atoms with Crippen LogP contribution in [-0.4, -0.2) is 32.7 Å². The molecule has 0 radical (unpaired) electrons. The molecule has 0 spiro atoms. The van der Waals surface area contributed by atoms with E-state index in [0.717, 1.165) is 22.2 Å². The molecular formula is C25H28N4OS. The van der Waals surface area contributed by atoms with Crippen molar-refractivity contribution in [1.82, 2.24) is 19.8 Å². The summed E-state index contributed by atoms with van der Waals surface area (Å²) in [4.78, 5) is 7.14. The van der Waals surface area contributed by atoms with Gasteiger partial charge < -0.3 is 19.5 Å². The van der Waals surface area contributed by atoms with Gasteiger partial charge >= 0.3 is 0 Å². The van der Waals surface area contributed by atoms with Gasteiger partial charge in [-0.05, 0) is 61.5 Å². The molecule has 0 unspecified atom stereocenters. The van der Waals surface area contributed by atoms with Crippen LogP contribution < -0.4 is 10.1 Å². The molecule has 160 valence electrons. The van der Waals surface area contributed by atoms with Crippen LogP contribution in [0.2, 0.25) is 0 Å². The Morgan fingerprint density at radius 2 is 1.90 bits per heavy atom. The first kappa shape index (κ1) is 20.1. The predicted molar refractivity (Wildman–Crippen MR) is 126 cm³/mol. The van der Waals surface area contributed by atoms with Crippen LogP contribution in [0.25, 0.3) is 5.69 Å². The first-order chi connectivity index (χ1) is 15.3. The van der Waals surface area contributed by atoms with Gasteiger partial charge in [0.25, 0.3) is 0 Å². The number of benzene rings is 1. The quantitative estimate of drug-likeness (QED) is 0.562. The van der Waals surface area contributed by atoms with Crippen LogP contribution in [0.3, 0.4) is 0 Å². The van der Waals surface area contributed by atoms with E-state index < -0.39 is 0 Å². The molecule has 3 aromatic rings. The minimum atomic E-state index is 0.00915. The number of thiocarbonyl (C=S) groups is 1. The number of hydrogen-bond acceptors (Lipinski definition) is 3. The van der Waals surface area contributed by atoms with Crippen LogP contribution in [-0.2, 0) is 0 Å². The maximum absolute atomic E-state index is 5.91. The van der Waals surface area contributed by atoms with Gasteiger partial charge in [0, 0.05) is 35.9 Å². The molecule has 31 heavy (non-hydrogen) atoms. The smallest absolute Gasteiger partial charge is 0.170 e. The molecule has 5 nitrogen and oxygen atoms in total. The fourth-order valence-electron chi connectivity index (χ4n) is 5.07. The second-order valence-corrected chi connectivity index (χ2v) is 8.72. The number of ether oxygens (including phenoxy) is 1. The van der Waals surface area contributed by atoms with E-state index in [2.05, 4.69) is 62.4 Å². The lowest BCUT2D eigenvalue weighted by molar-refractivity contribution is 0.193. The largest absolute Gasteiger partial charge is 0.497 e. The molecule has 2 aliphatic rings. The molecule has 2 fully saturated rings. The molecule has 1 saturated carbocycles. The first-order valence-corrected chi connectivity index (χ1v) is 11.5. The summed E-state index contributed by atoms with van der Waals surface area (Å²) in [5.74, 6) is 0.850. The van der Waals surface area contributed by atoms with E-state index in [1.165, 1.54) is 37.8 Å². The Labute approximate surface area is 189 Å². The molecule has 2 atom stereocenters. The Bertz CT molecular complexity index is 1040. The summed E-state index contributed by atoms with van der Waals surface area (Å²) in [7, 11) is 1.71. The van der Waals surface area contributed by atoms with Crippen LogP contribution in [0, 0.1) is 0 Å². The van der Waals surface area contributed by atoms with Crippen molar-refractivity contribution in [1.29, 1.82) is 0 Å². The molecule has 1 saturated heterocycles. The van der Waals surface area contributed by atoms with Crippen LogP contribution in [0.15, 0.2) is 67.0 Å². The van der Waals surface area contributed by atoms with Gasteiger partial charge in [0.2, 0.25) is 0 Å². The summed E-state index contributed by atoms with van der Waals surface area (Å²) in [6.07, 6.45) is 10.2. The van der Waals surface area contributed by atoms with Crippen LogP contribution >= 0.6 is 12.2 Å². The van der Waals surface area contributed by atoms with E-state index in [1.807, 2.05) is 24.4 Å². The van der Waals surface area contributed by atoms with Crippen molar-refractivity contribution in [2.45, 2.75) is 50.2 Å². The van der Waals surface area contributed by atoms with Gasteiger partial charge in [0.05, 0.1) is 24.9 Å². The van der Waals surface area contributed by atoms with Crippen molar-refractivity contribution in [2.24, 2.45) is 0 Å². The molecule has 1 aliphatic heterocycles. The Hall–Kier alpha value is -2.86. The van der Waals surface area contributed by atoms with Crippen molar-refractivity contribution in [2.75, 3.05) is 7.11 Å². The molecule has 1 N–H and O–H groups in total. The van der Waals surface area contributed by atoms with E-state index in [0.29, 0.717) is 6.04 Å². The molecule has 1 aromatic carbocycles. The zero-order chi connectivity index (χ0) is 21.2. The Morgan fingerprint density at radius 3 is 2.68 bits per heavy atom. The summed E-state index contributed by atoms with van der Waals surface area (Å²) in [6, 6.07) is 19.2. The maximum atomic E-state index is 5.91. The Kier molecular flexibility index (Phi) is 5.64. The van der Waals surface area contributed by atoms with E-state index in [9.17, 15) is 0 Å². The van der Waals surface area contributed by atoms with Crippen molar-refractivity contribution >= 4 is 17.3 Å².